The van der Waals surface area contributed by atoms with Crippen molar-refractivity contribution in [3.63, 3.8) is 0 Å². The van der Waals surface area contributed by atoms with Crippen LogP contribution in [0.4, 0.5) is 5.82 Å². The lowest BCUT2D eigenvalue weighted by atomic mass is 10.00. The molecule has 9 heteroatoms. The van der Waals surface area contributed by atoms with E-state index >= 15 is 0 Å². The SMILES string of the molecule is Cc1csc(CN(C)C(=O)c2cccc(C(=O)N[C@@H](Cc3ccccc3)[C@H](O)CN(C)c3cccc(C(C)C)n3)c2)n1. The van der Waals surface area contributed by atoms with Crippen molar-refractivity contribution in [1.29, 1.82) is 0 Å². The molecule has 0 saturated carbocycles. The Morgan fingerprint density at radius 2 is 1.67 bits per heavy atom. The maximum atomic E-state index is 13.5. The number of aromatic nitrogens is 2. The third-order valence-corrected chi connectivity index (χ3v) is 7.99. The molecule has 2 N–H and O–H groups in total. The van der Waals surface area contributed by atoms with E-state index in [0.717, 1.165) is 27.8 Å². The molecule has 0 unspecified atom stereocenters. The van der Waals surface area contributed by atoms with Crippen LogP contribution in [0.2, 0.25) is 0 Å². The Balaban J connectivity index is 1.49. The van der Waals surface area contributed by atoms with Crippen LogP contribution in [0, 0.1) is 6.92 Å². The van der Waals surface area contributed by atoms with Gasteiger partial charge in [-0.1, -0.05) is 56.3 Å². The number of amides is 2. The number of thiazole rings is 1. The van der Waals surface area contributed by atoms with Crippen LogP contribution in [0.25, 0.3) is 0 Å². The molecule has 0 spiro atoms. The molecule has 2 aromatic heterocycles. The third kappa shape index (κ3) is 8.24. The molecular weight excluding hydrogens is 546 g/mol. The molecule has 2 amide bonds. The summed E-state index contributed by atoms with van der Waals surface area (Å²) in [4.78, 5) is 39.3. The van der Waals surface area contributed by atoms with Gasteiger partial charge in [-0.25, -0.2) is 9.97 Å². The first-order valence-corrected chi connectivity index (χ1v) is 15.0. The quantitative estimate of drug-likeness (QED) is 0.241. The van der Waals surface area contributed by atoms with Gasteiger partial charge < -0.3 is 20.2 Å². The summed E-state index contributed by atoms with van der Waals surface area (Å²) >= 11 is 1.51. The van der Waals surface area contributed by atoms with Crippen molar-refractivity contribution in [3.8, 4) is 0 Å². The van der Waals surface area contributed by atoms with Gasteiger partial charge >= 0.3 is 0 Å². The maximum absolute atomic E-state index is 13.5. The number of aliphatic hydroxyl groups is 1. The van der Waals surface area contributed by atoms with Gasteiger partial charge in [0.25, 0.3) is 11.8 Å². The van der Waals surface area contributed by atoms with E-state index in [4.69, 9.17) is 4.98 Å². The fourth-order valence-electron chi connectivity index (χ4n) is 4.64. The van der Waals surface area contributed by atoms with Crippen LogP contribution in [0.15, 0.2) is 78.2 Å². The number of benzene rings is 2. The summed E-state index contributed by atoms with van der Waals surface area (Å²) in [6.07, 6.45) is -0.448. The highest BCUT2D eigenvalue weighted by molar-refractivity contribution is 7.09. The Labute approximate surface area is 252 Å². The van der Waals surface area contributed by atoms with Crippen molar-refractivity contribution in [1.82, 2.24) is 20.2 Å². The molecule has 0 aliphatic rings. The van der Waals surface area contributed by atoms with Gasteiger partial charge in [-0.15, -0.1) is 11.3 Å². The summed E-state index contributed by atoms with van der Waals surface area (Å²) in [5.41, 5.74) is 3.66. The Morgan fingerprint density at radius 3 is 2.36 bits per heavy atom. The highest BCUT2D eigenvalue weighted by Gasteiger charge is 2.25. The molecule has 0 bridgehead atoms. The zero-order valence-electron chi connectivity index (χ0n) is 24.8. The summed E-state index contributed by atoms with van der Waals surface area (Å²) in [7, 11) is 3.61. The molecule has 4 aromatic rings. The number of nitrogens with one attached hydrogen (secondary N) is 1. The normalized spacial score (nSPS) is 12.5. The summed E-state index contributed by atoms with van der Waals surface area (Å²) in [6, 6.07) is 21.7. The van der Waals surface area contributed by atoms with Crippen LogP contribution in [-0.4, -0.2) is 64.6 Å². The number of hydrogen-bond donors (Lipinski definition) is 2. The zero-order chi connectivity index (χ0) is 30.2. The summed E-state index contributed by atoms with van der Waals surface area (Å²) < 4.78 is 0. The van der Waals surface area contributed by atoms with Gasteiger partial charge in [-0.3, -0.25) is 9.59 Å². The molecule has 0 saturated heterocycles. The van der Waals surface area contributed by atoms with E-state index in [1.807, 2.05) is 72.8 Å². The van der Waals surface area contributed by atoms with Crippen molar-refractivity contribution in [2.24, 2.45) is 0 Å². The Morgan fingerprint density at radius 1 is 0.952 bits per heavy atom. The van der Waals surface area contributed by atoms with Gasteiger partial charge in [0.2, 0.25) is 0 Å². The van der Waals surface area contributed by atoms with Crippen LogP contribution in [0.3, 0.4) is 0 Å². The maximum Gasteiger partial charge on any atom is 0.253 e. The molecule has 220 valence electrons. The Kier molecular flexibility index (Phi) is 10.4. The number of likely N-dealkylation sites (N-methyl/N-ethyl adjacent to an activating group) is 1. The number of carbonyl (C=O) groups excluding carboxylic acids is 2. The first-order chi connectivity index (χ1) is 20.1. The van der Waals surface area contributed by atoms with Gasteiger partial charge in [0.05, 0.1) is 18.7 Å². The summed E-state index contributed by atoms with van der Waals surface area (Å²) in [5, 5.41) is 17.2. The van der Waals surface area contributed by atoms with Gasteiger partial charge in [0, 0.05) is 48.5 Å². The molecule has 0 fully saturated rings. The molecule has 8 nitrogen and oxygen atoms in total. The van der Waals surface area contributed by atoms with Crippen molar-refractivity contribution in [2.45, 2.75) is 51.8 Å². The van der Waals surface area contributed by atoms with Crippen LogP contribution in [0.5, 0.6) is 0 Å². The summed E-state index contributed by atoms with van der Waals surface area (Å²) in [6.45, 7) is 6.77. The van der Waals surface area contributed by atoms with Crippen molar-refractivity contribution in [2.75, 3.05) is 25.5 Å². The van der Waals surface area contributed by atoms with E-state index in [1.165, 1.54) is 11.3 Å². The topological polar surface area (TPSA) is 98.7 Å². The number of aryl methyl sites for hydroxylation is 1. The second kappa shape index (κ2) is 14.2. The summed E-state index contributed by atoms with van der Waals surface area (Å²) in [5.74, 6) is 0.488. The average Bonchev–Trinajstić information content (AvgIpc) is 3.40. The van der Waals surface area contributed by atoms with Gasteiger partial charge in [-0.2, -0.15) is 0 Å². The Hall–Kier alpha value is -4.08. The van der Waals surface area contributed by atoms with Crippen molar-refractivity contribution >= 4 is 29.0 Å². The van der Waals surface area contributed by atoms with Crippen LogP contribution in [-0.2, 0) is 13.0 Å². The molecular formula is C33H39N5O3S. The molecule has 2 atom stereocenters. The minimum atomic E-state index is -0.888. The predicted octanol–water partition coefficient (Wildman–Crippen LogP) is 5.08. The first-order valence-electron chi connectivity index (χ1n) is 14.1. The van der Waals surface area contributed by atoms with Crippen LogP contribution in [0.1, 0.15) is 62.4 Å². The standard InChI is InChI=1S/C33H39N5O3S/c1-22(2)27-15-10-16-30(35-27)37(4)19-29(39)28(17-24-11-7-6-8-12-24)36-32(40)25-13-9-14-26(18-25)33(41)38(5)20-31-34-23(3)21-42-31/h6-16,18,21-22,28-29,39H,17,19-20H2,1-5H3,(H,36,40)/t28-,29+/m0/s1. The number of pyridine rings is 1. The van der Waals surface area contributed by atoms with E-state index in [1.54, 1.807) is 36.2 Å². The minimum absolute atomic E-state index is 0.198. The molecule has 0 aliphatic carbocycles. The third-order valence-electron chi connectivity index (χ3n) is 7.04. The van der Waals surface area contributed by atoms with Crippen molar-refractivity contribution < 1.29 is 14.7 Å². The second-order valence-electron chi connectivity index (χ2n) is 10.9. The number of nitrogens with zero attached hydrogens (tertiary/aromatic N) is 4. The van der Waals surface area contributed by atoms with E-state index in [0.29, 0.717) is 24.1 Å². The lowest BCUT2D eigenvalue weighted by Gasteiger charge is -2.29. The molecule has 42 heavy (non-hydrogen) atoms. The van der Waals surface area contributed by atoms with Crippen molar-refractivity contribution in [3.05, 3.63) is 111 Å². The number of rotatable bonds is 12. The molecule has 2 heterocycles. The van der Waals surface area contributed by atoms with Gasteiger partial charge in [0.15, 0.2) is 0 Å². The smallest absolute Gasteiger partial charge is 0.253 e. The fraction of sp³-hybridized carbons (Fsp3) is 0.333. The van der Waals surface area contributed by atoms with Gasteiger partial charge in [0.1, 0.15) is 10.8 Å². The number of hydrogen-bond acceptors (Lipinski definition) is 7. The lowest BCUT2D eigenvalue weighted by Crippen LogP contribution is -2.49. The van der Waals surface area contributed by atoms with Crippen LogP contribution < -0.4 is 10.2 Å². The second-order valence-corrected chi connectivity index (χ2v) is 11.9. The van der Waals surface area contributed by atoms with E-state index in [2.05, 4.69) is 24.1 Å². The monoisotopic (exact) mass is 585 g/mol. The largest absolute Gasteiger partial charge is 0.389 e. The predicted molar refractivity (Wildman–Crippen MR) is 168 cm³/mol. The number of carbonyl (C=O) groups is 2. The Bertz CT molecular complexity index is 1490. The molecule has 4 rings (SSSR count). The van der Waals surface area contributed by atoms with E-state index < -0.39 is 12.1 Å². The number of aliphatic hydroxyl groups excluding tert-OH is 1. The van der Waals surface area contributed by atoms with Gasteiger partial charge in [-0.05, 0) is 55.2 Å². The highest BCUT2D eigenvalue weighted by atomic mass is 32.1. The fourth-order valence-corrected chi connectivity index (χ4v) is 5.47. The van der Waals surface area contributed by atoms with E-state index in [9.17, 15) is 14.7 Å². The lowest BCUT2D eigenvalue weighted by molar-refractivity contribution is 0.0785. The molecule has 2 aromatic carbocycles. The van der Waals surface area contributed by atoms with Crippen LogP contribution >= 0.6 is 11.3 Å². The average molecular weight is 586 g/mol. The highest BCUT2D eigenvalue weighted by Crippen LogP contribution is 2.18. The minimum Gasteiger partial charge on any atom is -0.389 e. The number of anilines is 1. The zero-order valence-corrected chi connectivity index (χ0v) is 25.6. The molecule has 0 aliphatic heterocycles. The molecule has 0 radical (unpaired) electrons. The van der Waals surface area contributed by atoms with E-state index in [-0.39, 0.29) is 24.3 Å². The first kappa shape index (κ1) is 30.9.